The van der Waals surface area contributed by atoms with Gasteiger partial charge in [0, 0.05) is 23.2 Å². The van der Waals surface area contributed by atoms with Crippen LogP contribution in [-0.2, 0) is 11.3 Å². The SMILES string of the molecule is CN1CCC[C@]2(C(=O)O)CCN(Cc3ccc(-c4cccc(Cl)c4)o3)C[C@@H]12. The molecule has 2 aliphatic rings. The molecule has 6 heteroatoms. The number of hydrogen-bond donors (Lipinski definition) is 1. The first-order valence-corrected chi connectivity index (χ1v) is 9.86. The topological polar surface area (TPSA) is 56.9 Å². The van der Waals surface area contributed by atoms with E-state index in [2.05, 4.69) is 16.8 Å². The van der Waals surface area contributed by atoms with Gasteiger partial charge in [0.2, 0.25) is 0 Å². The van der Waals surface area contributed by atoms with Crippen LogP contribution in [0.4, 0.5) is 0 Å². The van der Waals surface area contributed by atoms with Crippen LogP contribution in [0.15, 0.2) is 40.8 Å². The van der Waals surface area contributed by atoms with Gasteiger partial charge >= 0.3 is 5.97 Å². The van der Waals surface area contributed by atoms with Crippen molar-refractivity contribution in [3.63, 3.8) is 0 Å². The van der Waals surface area contributed by atoms with Gasteiger partial charge in [0.05, 0.1) is 12.0 Å². The van der Waals surface area contributed by atoms with Gasteiger partial charge < -0.3 is 14.4 Å². The Kier molecular flexibility index (Phi) is 5.01. The highest BCUT2D eigenvalue weighted by atomic mass is 35.5. The molecule has 2 fully saturated rings. The van der Waals surface area contributed by atoms with Crippen molar-refractivity contribution in [2.24, 2.45) is 5.41 Å². The maximum Gasteiger partial charge on any atom is 0.311 e. The standard InChI is InChI=1S/C21H25ClN2O3/c1-23-10-3-8-21(20(25)26)9-11-24(14-19(21)23)13-17-6-7-18(27-17)15-4-2-5-16(22)12-15/h2,4-7,12,19H,3,8-11,13-14H2,1H3,(H,25,26)/t19-,21+/m1/s1. The van der Waals surface area contributed by atoms with Gasteiger partial charge in [-0.1, -0.05) is 23.7 Å². The first kappa shape index (κ1) is 18.5. The van der Waals surface area contributed by atoms with Gasteiger partial charge in [0.15, 0.2) is 0 Å². The van der Waals surface area contributed by atoms with Crippen LogP contribution in [0.2, 0.25) is 5.02 Å². The molecule has 4 rings (SSSR count). The number of rotatable bonds is 4. The second-order valence-electron chi connectivity index (χ2n) is 7.82. The van der Waals surface area contributed by atoms with Crippen molar-refractivity contribution < 1.29 is 14.3 Å². The van der Waals surface area contributed by atoms with Crippen LogP contribution in [0.25, 0.3) is 11.3 Å². The molecular formula is C21H25ClN2O3. The van der Waals surface area contributed by atoms with E-state index in [4.69, 9.17) is 16.0 Å². The van der Waals surface area contributed by atoms with Gasteiger partial charge in [-0.05, 0) is 63.7 Å². The van der Waals surface area contributed by atoms with Crippen LogP contribution >= 0.6 is 11.6 Å². The molecule has 0 bridgehead atoms. The Morgan fingerprint density at radius 3 is 2.93 bits per heavy atom. The number of likely N-dealkylation sites (tertiary alicyclic amines) is 2. The van der Waals surface area contributed by atoms with E-state index in [1.54, 1.807) is 0 Å². The van der Waals surface area contributed by atoms with Crippen LogP contribution in [-0.4, -0.2) is 53.6 Å². The van der Waals surface area contributed by atoms with Gasteiger partial charge in [-0.15, -0.1) is 0 Å². The van der Waals surface area contributed by atoms with E-state index in [1.807, 2.05) is 36.4 Å². The number of carboxylic acid groups (broad SMARTS) is 1. The Balaban J connectivity index is 1.48. The predicted molar refractivity (Wildman–Crippen MR) is 105 cm³/mol. The molecule has 144 valence electrons. The van der Waals surface area contributed by atoms with Crippen molar-refractivity contribution >= 4 is 17.6 Å². The smallest absolute Gasteiger partial charge is 0.311 e. The minimum absolute atomic E-state index is 0.0554. The molecule has 2 aliphatic heterocycles. The molecule has 2 atom stereocenters. The fourth-order valence-electron chi connectivity index (χ4n) is 4.67. The minimum atomic E-state index is -0.639. The number of benzene rings is 1. The fourth-order valence-corrected chi connectivity index (χ4v) is 4.86. The third-order valence-corrected chi connectivity index (χ3v) is 6.42. The summed E-state index contributed by atoms with van der Waals surface area (Å²) in [6.45, 7) is 3.20. The van der Waals surface area contributed by atoms with Gasteiger partial charge in [-0.3, -0.25) is 9.69 Å². The van der Waals surface area contributed by atoms with Gasteiger partial charge in [0.25, 0.3) is 0 Å². The lowest BCUT2D eigenvalue weighted by Gasteiger charge is -2.51. The minimum Gasteiger partial charge on any atom is -0.481 e. The summed E-state index contributed by atoms with van der Waals surface area (Å²) >= 11 is 6.07. The van der Waals surface area contributed by atoms with Gasteiger partial charge in [-0.25, -0.2) is 0 Å². The van der Waals surface area contributed by atoms with Gasteiger partial charge in [0.1, 0.15) is 11.5 Å². The Labute approximate surface area is 164 Å². The lowest BCUT2D eigenvalue weighted by Crippen LogP contribution is -2.62. The number of aliphatic carboxylic acids is 1. The Bertz CT molecular complexity index is 836. The van der Waals surface area contributed by atoms with E-state index in [-0.39, 0.29) is 6.04 Å². The monoisotopic (exact) mass is 388 g/mol. The predicted octanol–water partition coefficient (Wildman–Crippen LogP) is 3.97. The molecule has 1 aromatic heterocycles. The zero-order chi connectivity index (χ0) is 19.0. The van der Waals surface area contributed by atoms with Crippen molar-refractivity contribution in [2.45, 2.75) is 31.8 Å². The maximum absolute atomic E-state index is 12.0. The van der Waals surface area contributed by atoms with Crippen molar-refractivity contribution in [1.82, 2.24) is 9.80 Å². The molecule has 2 saturated heterocycles. The number of halogens is 1. The van der Waals surface area contributed by atoms with E-state index >= 15 is 0 Å². The molecular weight excluding hydrogens is 364 g/mol. The Morgan fingerprint density at radius 2 is 2.15 bits per heavy atom. The molecule has 1 aromatic carbocycles. The Hall–Kier alpha value is -1.82. The van der Waals surface area contributed by atoms with Crippen LogP contribution in [0.5, 0.6) is 0 Å². The summed E-state index contributed by atoms with van der Waals surface area (Å²) in [6.07, 6.45) is 2.44. The normalized spacial score (nSPS) is 26.7. The zero-order valence-corrected chi connectivity index (χ0v) is 16.3. The number of carboxylic acids is 1. The summed E-state index contributed by atoms with van der Waals surface area (Å²) in [7, 11) is 2.05. The second-order valence-corrected chi connectivity index (χ2v) is 8.26. The zero-order valence-electron chi connectivity index (χ0n) is 15.5. The summed E-state index contributed by atoms with van der Waals surface area (Å²) in [5, 5.41) is 10.6. The van der Waals surface area contributed by atoms with Crippen molar-refractivity contribution in [1.29, 1.82) is 0 Å². The summed E-state index contributed by atoms with van der Waals surface area (Å²) in [4.78, 5) is 16.6. The van der Waals surface area contributed by atoms with Crippen LogP contribution in [0.3, 0.4) is 0 Å². The first-order chi connectivity index (χ1) is 13.0. The molecule has 2 aromatic rings. The molecule has 0 amide bonds. The van der Waals surface area contributed by atoms with Gasteiger partial charge in [-0.2, -0.15) is 0 Å². The highest BCUT2D eigenvalue weighted by molar-refractivity contribution is 6.30. The quantitative estimate of drug-likeness (QED) is 0.858. The largest absolute Gasteiger partial charge is 0.481 e. The molecule has 0 saturated carbocycles. The number of carbonyl (C=O) groups is 1. The van der Waals surface area contributed by atoms with Crippen LogP contribution in [0.1, 0.15) is 25.0 Å². The van der Waals surface area contributed by atoms with E-state index in [9.17, 15) is 9.90 Å². The lowest BCUT2D eigenvalue weighted by atomic mass is 9.68. The number of fused-ring (bicyclic) bond motifs is 1. The summed E-state index contributed by atoms with van der Waals surface area (Å²) < 4.78 is 6.03. The summed E-state index contributed by atoms with van der Waals surface area (Å²) in [6, 6.07) is 11.7. The molecule has 27 heavy (non-hydrogen) atoms. The highest BCUT2D eigenvalue weighted by Crippen LogP contribution is 2.42. The van der Waals surface area contributed by atoms with E-state index in [0.29, 0.717) is 18.0 Å². The maximum atomic E-state index is 12.0. The number of nitrogens with zero attached hydrogens (tertiary/aromatic N) is 2. The molecule has 0 aliphatic carbocycles. The number of piperidine rings is 2. The first-order valence-electron chi connectivity index (χ1n) is 9.48. The second kappa shape index (κ2) is 7.30. The van der Waals surface area contributed by atoms with Crippen LogP contribution < -0.4 is 0 Å². The highest BCUT2D eigenvalue weighted by Gasteiger charge is 2.52. The number of hydrogen-bond acceptors (Lipinski definition) is 4. The molecule has 0 unspecified atom stereocenters. The van der Waals surface area contributed by atoms with Crippen LogP contribution in [0, 0.1) is 5.41 Å². The lowest BCUT2D eigenvalue weighted by molar-refractivity contribution is -0.162. The van der Waals surface area contributed by atoms with Crippen molar-refractivity contribution in [3.05, 3.63) is 47.2 Å². The average molecular weight is 389 g/mol. The Morgan fingerprint density at radius 1 is 1.30 bits per heavy atom. The van der Waals surface area contributed by atoms with E-state index < -0.39 is 11.4 Å². The average Bonchev–Trinajstić information content (AvgIpc) is 3.11. The van der Waals surface area contributed by atoms with Crippen molar-refractivity contribution in [3.8, 4) is 11.3 Å². The number of likely N-dealkylation sites (N-methyl/N-ethyl adjacent to an activating group) is 1. The molecule has 0 radical (unpaired) electrons. The van der Waals surface area contributed by atoms with E-state index in [0.717, 1.165) is 49.6 Å². The molecule has 5 nitrogen and oxygen atoms in total. The number of furan rings is 1. The fraction of sp³-hybridized carbons (Fsp3) is 0.476. The molecule has 3 heterocycles. The third kappa shape index (κ3) is 3.51. The molecule has 1 N–H and O–H groups in total. The van der Waals surface area contributed by atoms with Crippen molar-refractivity contribution in [2.75, 3.05) is 26.7 Å². The third-order valence-electron chi connectivity index (χ3n) is 6.19. The van der Waals surface area contributed by atoms with E-state index in [1.165, 1.54) is 0 Å². The summed E-state index contributed by atoms with van der Waals surface area (Å²) in [5.41, 5.74) is 0.364. The summed E-state index contributed by atoms with van der Waals surface area (Å²) in [5.74, 6) is 1.06. The molecule has 0 spiro atoms.